The van der Waals surface area contributed by atoms with Gasteiger partial charge in [-0.2, -0.15) is 5.10 Å². The van der Waals surface area contributed by atoms with E-state index < -0.39 is 28.4 Å². The molecule has 0 aliphatic rings. The van der Waals surface area contributed by atoms with Gasteiger partial charge in [0.15, 0.2) is 0 Å². The molecule has 0 aliphatic heterocycles. The van der Waals surface area contributed by atoms with Gasteiger partial charge < -0.3 is 11.6 Å². The number of hydrogen-bond donors (Lipinski definition) is 2. The Balaban J connectivity index is 2.03. The van der Waals surface area contributed by atoms with Crippen LogP contribution in [-0.2, 0) is 14.8 Å². The van der Waals surface area contributed by atoms with Gasteiger partial charge in [-0.25, -0.2) is 17.3 Å². The molecule has 0 bridgehead atoms. The SMILES string of the molecule is CCS(=O)(=O)n1c(C(=O)N(C(=O)CN)c2ccccc2)c(C)c2c(-c3ccc(C=NN)cc3)cccc21. The van der Waals surface area contributed by atoms with Crippen LogP contribution in [0.15, 0.2) is 77.9 Å². The zero-order chi connectivity index (χ0) is 26.7. The molecule has 190 valence electrons. The maximum atomic E-state index is 14.0. The molecule has 0 saturated carbocycles. The van der Waals surface area contributed by atoms with E-state index in [1.165, 1.54) is 13.1 Å². The van der Waals surface area contributed by atoms with E-state index in [9.17, 15) is 18.0 Å². The largest absolute Gasteiger partial charge is 0.323 e. The molecule has 3 aromatic carbocycles. The van der Waals surface area contributed by atoms with E-state index in [4.69, 9.17) is 11.6 Å². The van der Waals surface area contributed by atoms with Crippen molar-refractivity contribution in [2.24, 2.45) is 16.7 Å². The van der Waals surface area contributed by atoms with Crippen LogP contribution in [0.1, 0.15) is 28.5 Å². The first-order valence-electron chi connectivity index (χ1n) is 11.6. The number of imide groups is 1. The molecule has 0 spiro atoms. The predicted molar refractivity (Wildman–Crippen MR) is 146 cm³/mol. The van der Waals surface area contributed by atoms with Gasteiger partial charge in [-0.15, -0.1) is 0 Å². The molecule has 0 saturated heterocycles. The third kappa shape index (κ3) is 4.64. The standard InChI is InChI=1S/C27H27N5O4S/c1-3-37(35,36)32-23-11-7-10-22(20-14-12-19(13-15-20)17-30-29)25(23)18(2)26(32)27(34)31(24(33)16-28)21-8-5-4-6-9-21/h4-15,17H,3,16,28-29H2,1-2H3. The number of benzene rings is 3. The number of para-hydroxylation sites is 1. The first-order valence-corrected chi connectivity index (χ1v) is 13.2. The third-order valence-corrected chi connectivity index (χ3v) is 7.79. The van der Waals surface area contributed by atoms with Crippen LogP contribution in [-0.4, -0.2) is 42.7 Å². The second-order valence-corrected chi connectivity index (χ2v) is 10.4. The highest BCUT2D eigenvalue weighted by atomic mass is 32.2. The van der Waals surface area contributed by atoms with Crippen LogP contribution in [0.25, 0.3) is 22.0 Å². The van der Waals surface area contributed by atoms with Gasteiger partial charge in [0.25, 0.3) is 5.91 Å². The van der Waals surface area contributed by atoms with Crippen molar-refractivity contribution in [3.63, 3.8) is 0 Å². The van der Waals surface area contributed by atoms with E-state index in [0.717, 1.165) is 25.6 Å². The van der Waals surface area contributed by atoms with Crippen LogP contribution < -0.4 is 16.5 Å². The van der Waals surface area contributed by atoms with E-state index in [0.29, 0.717) is 22.2 Å². The maximum absolute atomic E-state index is 14.0. The zero-order valence-corrected chi connectivity index (χ0v) is 21.3. The number of nitrogens with zero attached hydrogens (tertiary/aromatic N) is 3. The highest BCUT2D eigenvalue weighted by molar-refractivity contribution is 7.90. The van der Waals surface area contributed by atoms with E-state index >= 15 is 0 Å². The first-order chi connectivity index (χ1) is 17.7. The van der Waals surface area contributed by atoms with Gasteiger partial charge in [-0.05, 0) is 54.3 Å². The fourth-order valence-corrected chi connectivity index (χ4v) is 5.59. The van der Waals surface area contributed by atoms with Crippen molar-refractivity contribution in [2.45, 2.75) is 13.8 Å². The number of anilines is 1. The number of amides is 2. The summed E-state index contributed by atoms with van der Waals surface area (Å²) in [5.74, 6) is 3.57. The van der Waals surface area contributed by atoms with Crippen molar-refractivity contribution < 1.29 is 18.0 Å². The Morgan fingerprint density at radius 2 is 1.68 bits per heavy atom. The lowest BCUT2D eigenvalue weighted by molar-refractivity contribution is -0.116. The van der Waals surface area contributed by atoms with E-state index in [1.54, 1.807) is 49.4 Å². The quantitative estimate of drug-likeness (QED) is 0.219. The minimum Gasteiger partial charge on any atom is -0.323 e. The van der Waals surface area contributed by atoms with Crippen molar-refractivity contribution in [3.05, 3.63) is 89.6 Å². The zero-order valence-electron chi connectivity index (χ0n) is 20.5. The summed E-state index contributed by atoms with van der Waals surface area (Å²) in [6.45, 7) is 2.77. The van der Waals surface area contributed by atoms with Gasteiger partial charge in [-0.1, -0.05) is 54.6 Å². The summed E-state index contributed by atoms with van der Waals surface area (Å²) in [6, 6.07) is 21.0. The van der Waals surface area contributed by atoms with Crippen molar-refractivity contribution >= 4 is 44.6 Å². The number of rotatable bonds is 7. The van der Waals surface area contributed by atoms with Gasteiger partial charge in [0, 0.05) is 5.39 Å². The molecular weight excluding hydrogens is 490 g/mol. The van der Waals surface area contributed by atoms with E-state index in [-0.39, 0.29) is 11.4 Å². The second kappa shape index (κ2) is 10.4. The normalized spacial score (nSPS) is 11.8. The van der Waals surface area contributed by atoms with Crippen molar-refractivity contribution in [3.8, 4) is 11.1 Å². The molecule has 1 heterocycles. The van der Waals surface area contributed by atoms with E-state index in [1.807, 2.05) is 30.3 Å². The first kappa shape index (κ1) is 25.8. The number of hydrazone groups is 1. The van der Waals surface area contributed by atoms with Gasteiger partial charge in [0.2, 0.25) is 15.9 Å². The molecule has 4 aromatic rings. The Bertz CT molecular complexity index is 1610. The number of nitrogens with two attached hydrogens (primary N) is 2. The molecule has 0 fully saturated rings. The molecule has 37 heavy (non-hydrogen) atoms. The average molecular weight is 518 g/mol. The lowest BCUT2D eigenvalue weighted by atomic mass is 9.98. The molecule has 9 nitrogen and oxygen atoms in total. The van der Waals surface area contributed by atoms with Gasteiger partial charge >= 0.3 is 0 Å². The molecule has 0 radical (unpaired) electrons. The number of carbonyl (C=O) groups is 2. The number of aromatic nitrogens is 1. The Kier molecular flexibility index (Phi) is 7.23. The van der Waals surface area contributed by atoms with Crippen LogP contribution >= 0.6 is 0 Å². The fourth-order valence-electron chi connectivity index (χ4n) is 4.38. The summed E-state index contributed by atoms with van der Waals surface area (Å²) in [5, 5.41) is 4.13. The Morgan fingerprint density at radius 3 is 2.27 bits per heavy atom. The summed E-state index contributed by atoms with van der Waals surface area (Å²) >= 11 is 0. The summed E-state index contributed by atoms with van der Waals surface area (Å²) in [7, 11) is -3.95. The molecule has 0 unspecified atom stereocenters. The molecule has 1 aromatic heterocycles. The Morgan fingerprint density at radius 1 is 1.00 bits per heavy atom. The molecule has 10 heteroatoms. The Labute approximate surface area is 215 Å². The number of aryl methyl sites for hydroxylation is 1. The summed E-state index contributed by atoms with van der Waals surface area (Å²) < 4.78 is 27.8. The summed E-state index contributed by atoms with van der Waals surface area (Å²) in [4.78, 5) is 27.8. The lowest BCUT2D eigenvalue weighted by Crippen LogP contribution is -2.42. The molecule has 0 aliphatic carbocycles. The van der Waals surface area contributed by atoms with Crippen LogP contribution in [0.5, 0.6) is 0 Å². The summed E-state index contributed by atoms with van der Waals surface area (Å²) in [6.07, 6.45) is 1.52. The molecule has 4 rings (SSSR count). The van der Waals surface area contributed by atoms with Crippen LogP contribution in [0, 0.1) is 6.92 Å². The van der Waals surface area contributed by atoms with Crippen molar-refractivity contribution in [2.75, 3.05) is 17.2 Å². The third-order valence-electron chi connectivity index (χ3n) is 6.13. The fraction of sp³-hybridized carbons (Fsp3) is 0.148. The number of fused-ring (bicyclic) bond motifs is 1. The highest BCUT2D eigenvalue weighted by Gasteiger charge is 2.33. The molecule has 2 amide bonds. The van der Waals surface area contributed by atoms with Crippen molar-refractivity contribution in [1.82, 2.24) is 3.97 Å². The Hall–Kier alpha value is -4.28. The summed E-state index contributed by atoms with van der Waals surface area (Å²) in [5.41, 5.74) is 8.96. The smallest absolute Gasteiger partial charge is 0.283 e. The predicted octanol–water partition coefficient (Wildman–Crippen LogP) is 3.24. The lowest BCUT2D eigenvalue weighted by Gasteiger charge is -2.21. The number of hydrogen-bond acceptors (Lipinski definition) is 7. The minimum absolute atomic E-state index is 0.109. The monoisotopic (exact) mass is 517 g/mol. The molecule has 0 atom stereocenters. The minimum atomic E-state index is -3.95. The van der Waals surface area contributed by atoms with Gasteiger partial charge in [0.1, 0.15) is 5.69 Å². The highest BCUT2D eigenvalue weighted by Crippen LogP contribution is 2.37. The van der Waals surface area contributed by atoms with Gasteiger partial charge in [0.05, 0.1) is 29.7 Å². The van der Waals surface area contributed by atoms with E-state index in [2.05, 4.69) is 5.10 Å². The molecule has 4 N–H and O–H groups in total. The number of carbonyl (C=O) groups excluding carboxylic acids is 2. The van der Waals surface area contributed by atoms with Gasteiger partial charge in [-0.3, -0.25) is 9.59 Å². The average Bonchev–Trinajstić information content (AvgIpc) is 3.23. The van der Waals surface area contributed by atoms with Crippen molar-refractivity contribution in [1.29, 1.82) is 0 Å². The topological polar surface area (TPSA) is 141 Å². The maximum Gasteiger partial charge on any atom is 0.283 e. The van der Waals surface area contributed by atoms with Crippen LogP contribution in [0.4, 0.5) is 5.69 Å². The second-order valence-electron chi connectivity index (χ2n) is 8.31. The van der Waals surface area contributed by atoms with Crippen LogP contribution in [0.3, 0.4) is 0 Å². The van der Waals surface area contributed by atoms with Crippen LogP contribution in [0.2, 0.25) is 0 Å². The molecular formula is C27H27N5O4S.